The molecule has 3 heteroatoms. The standard InChI is InChI=1S/C26H24N2S/c1-17(27)29-26-23-8-4-2-7-20(23)16-21-11-10-18(15-24(21)26)14-22-13-12-19-6-3-5-9-25(19)28-22/h2-13,15,17,26H,14,16,27H2,1H3. The van der Waals surface area contributed by atoms with E-state index >= 15 is 0 Å². The molecule has 0 amide bonds. The van der Waals surface area contributed by atoms with E-state index in [1.54, 1.807) is 0 Å². The monoisotopic (exact) mass is 396 g/mol. The molecule has 2 unspecified atom stereocenters. The number of benzene rings is 3. The first kappa shape index (κ1) is 18.4. The van der Waals surface area contributed by atoms with Gasteiger partial charge in [0.2, 0.25) is 0 Å². The molecule has 144 valence electrons. The zero-order valence-corrected chi connectivity index (χ0v) is 17.3. The smallest absolute Gasteiger partial charge is 0.0705 e. The largest absolute Gasteiger partial charge is 0.320 e. The minimum Gasteiger partial charge on any atom is -0.320 e. The van der Waals surface area contributed by atoms with Gasteiger partial charge in [-0.1, -0.05) is 66.7 Å². The molecule has 1 heterocycles. The summed E-state index contributed by atoms with van der Waals surface area (Å²) in [6.45, 7) is 2.07. The number of fused-ring (bicyclic) bond motifs is 3. The highest BCUT2D eigenvalue weighted by Crippen LogP contribution is 2.44. The lowest BCUT2D eigenvalue weighted by Crippen LogP contribution is -2.18. The van der Waals surface area contributed by atoms with Gasteiger partial charge in [-0.05, 0) is 53.3 Å². The van der Waals surface area contributed by atoms with Crippen LogP contribution in [0.1, 0.15) is 45.7 Å². The van der Waals surface area contributed by atoms with E-state index in [1.807, 2.05) is 17.8 Å². The van der Waals surface area contributed by atoms with Gasteiger partial charge in [-0.3, -0.25) is 4.98 Å². The Balaban J connectivity index is 1.51. The molecular weight excluding hydrogens is 372 g/mol. The van der Waals surface area contributed by atoms with E-state index in [-0.39, 0.29) is 5.37 Å². The van der Waals surface area contributed by atoms with Gasteiger partial charge in [0, 0.05) is 22.9 Å². The number of hydrogen-bond acceptors (Lipinski definition) is 3. The summed E-state index contributed by atoms with van der Waals surface area (Å²) in [6.07, 6.45) is 1.84. The van der Waals surface area contributed by atoms with Gasteiger partial charge < -0.3 is 5.73 Å². The van der Waals surface area contributed by atoms with Crippen molar-refractivity contribution >= 4 is 22.7 Å². The highest BCUT2D eigenvalue weighted by molar-refractivity contribution is 8.00. The van der Waals surface area contributed by atoms with Crippen LogP contribution >= 0.6 is 11.8 Å². The first-order valence-corrected chi connectivity index (χ1v) is 11.1. The van der Waals surface area contributed by atoms with Crippen LogP contribution in [-0.4, -0.2) is 10.4 Å². The van der Waals surface area contributed by atoms with Gasteiger partial charge in [-0.2, -0.15) is 0 Å². The van der Waals surface area contributed by atoms with Crippen LogP contribution in [0.25, 0.3) is 10.9 Å². The fourth-order valence-corrected chi connectivity index (χ4v) is 5.43. The lowest BCUT2D eigenvalue weighted by molar-refractivity contribution is 0.952. The molecule has 1 aromatic heterocycles. The average Bonchev–Trinajstić information content (AvgIpc) is 2.73. The van der Waals surface area contributed by atoms with Gasteiger partial charge in [0.15, 0.2) is 0 Å². The molecule has 0 bridgehead atoms. The van der Waals surface area contributed by atoms with Crippen molar-refractivity contribution in [2.45, 2.75) is 30.4 Å². The van der Waals surface area contributed by atoms with Crippen molar-refractivity contribution in [2.75, 3.05) is 0 Å². The molecule has 0 fully saturated rings. The Bertz CT molecular complexity index is 1180. The molecule has 3 aromatic carbocycles. The topological polar surface area (TPSA) is 38.9 Å². The van der Waals surface area contributed by atoms with Crippen LogP contribution in [0.4, 0.5) is 0 Å². The Morgan fingerprint density at radius 2 is 1.72 bits per heavy atom. The number of aromatic nitrogens is 1. The summed E-state index contributed by atoms with van der Waals surface area (Å²) in [7, 11) is 0. The summed E-state index contributed by atoms with van der Waals surface area (Å²) < 4.78 is 0. The van der Waals surface area contributed by atoms with Gasteiger partial charge in [-0.25, -0.2) is 0 Å². The van der Waals surface area contributed by atoms with Gasteiger partial charge in [-0.15, -0.1) is 11.8 Å². The fraction of sp³-hybridized carbons (Fsp3) is 0.192. The van der Waals surface area contributed by atoms with E-state index in [2.05, 4.69) is 79.7 Å². The van der Waals surface area contributed by atoms with Crippen LogP contribution in [0.2, 0.25) is 0 Å². The summed E-state index contributed by atoms with van der Waals surface area (Å²) in [6, 6.07) is 28.3. The van der Waals surface area contributed by atoms with Crippen molar-refractivity contribution < 1.29 is 0 Å². The molecule has 2 nitrogen and oxygen atoms in total. The lowest BCUT2D eigenvalue weighted by Gasteiger charge is -2.29. The fourth-order valence-electron chi connectivity index (χ4n) is 4.26. The summed E-state index contributed by atoms with van der Waals surface area (Å²) in [5, 5.41) is 1.57. The van der Waals surface area contributed by atoms with Crippen LogP contribution in [-0.2, 0) is 12.8 Å². The molecule has 0 aliphatic heterocycles. The van der Waals surface area contributed by atoms with Crippen molar-refractivity contribution in [3.05, 3.63) is 112 Å². The Morgan fingerprint density at radius 1 is 0.931 bits per heavy atom. The van der Waals surface area contributed by atoms with E-state index in [1.165, 1.54) is 33.2 Å². The molecular formula is C26H24N2S. The summed E-state index contributed by atoms with van der Waals surface area (Å²) >= 11 is 1.84. The van der Waals surface area contributed by atoms with Crippen molar-refractivity contribution in [2.24, 2.45) is 5.73 Å². The number of hydrogen-bond donors (Lipinski definition) is 1. The molecule has 29 heavy (non-hydrogen) atoms. The number of thioether (sulfide) groups is 1. The quantitative estimate of drug-likeness (QED) is 0.439. The number of pyridine rings is 1. The second-order valence-electron chi connectivity index (χ2n) is 7.80. The molecule has 2 atom stereocenters. The van der Waals surface area contributed by atoms with E-state index < -0.39 is 0 Å². The molecule has 5 rings (SSSR count). The van der Waals surface area contributed by atoms with E-state index in [4.69, 9.17) is 10.7 Å². The van der Waals surface area contributed by atoms with Crippen LogP contribution < -0.4 is 5.73 Å². The van der Waals surface area contributed by atoms with Crippen LogP contribution in [0.15, 0.2) is 78.9 Å². The van der Waals surface area contributed by atoms with Crippen molar-refractivity contribution in [1.29, 1.82) is 0 Å². The van der Waals surface area contributed by atoms with Crippen LogP contribution in [0.3, 0.4) is 0 Å². The summed E-state index contributed by atoms with van der Waals surface area (Å²) in [5.41, 5.74) is 15.3. The summed E-state index contributed by atoms with van der Waals surface area (Å²) in [5.74, 6) is 0. The van der Waals surface area contributed by atoms with Crippen molar-refractivity contribution in [3.8, 4) is 0 Å². The third-order valence-corrected chi connectivity index (χ3v) is 6.81. The Morgan fingerprint density at radius 3 is 2.62 bits per heavy atom. The SMILES string of the molecule is CC(N)SC1c2ccccc2Cc2ccc(Cc3ccc4ccccc4n3)cc21. The molecule has 0 radical (unpaired) electrons. The summed E-state index contributed by atoms with van der Waals surface area (Å²) in [4.78, 5) is 4.86. The molecule has 1 aliphatic rings. The molecule has 0 saturated carbocycles. The Kier molecular flexibility index (Phi) is 4.86. The second-order valence-corrected chi connectivity index (χ2v) is 9.29. The van der Waals surface area contributed by atoms with Crippen molar-refractivity contribution in [3.63, 3.8) is 0 Å². The maximum absolute atomic E-state index is 6.20. The lowest BCUT2D eigenvalue weighted by atomic mass is 9.84. The predicted octanol–water partition coefficient (Wildman–Crippen LogP) is 5.86. The van der Waals surface area contributed by atoms with E-state index in [0.717, 1.165) is 24.1 Å². The first-order chi connectivity index (χ1) is 14.2. The van der Waals surface area contributed by atoms with Gasteiger partial charge in [0.1, 0.15) is 0 Å². The molecule has 4 aromatic rings. The Labute approximate surface area is 176 Å². The Hall–Kier alpha value is -2.62. The number of nitrogens with zero attached hydrogens (tertiary/aromatic N) is 1. The zero-order valence-electron chi connectivity index (χ0n) is 16.5. The van der Waals surface area contributed by atoms with Crippen LogP contribution in [0, 0.1) is 0 Å². The normalized spacial score (nSPS) is 16.3. The van der Waals surface area contributed by atoms with Gasteiger partial charge in [0.05, 0.1) is 10.8 Å². The minimum atomic E-state index is 0.0878. The molecule has 2 N–H and O–H groups in total. The number of nitrogens with two attached hydrogens (primary N) is 1. The molecule has 1 aliphatic carbocycles. The first-order valence-electron chi connectivity index (χ1n) is 10.1. The zero-order chi connectivity index (χ0) is 19.8. The average molecular weight is 397 g/mol. The van der Waals surface area contributed by atoms with E-state index in [0.29, 0.717) is 5.25 Å². The highest BCUT2D eigenvalue weighted by Gasteiger charge is 2.26. The maximum Gasteiger partial charge on any atom is 0.0705 e. The van der Waals surface area contributed by atoms with Crippen LogP contribution in [0.5, 0.6) is 0 Å². The number of para-hydroxylation sites is 1. The second kappa shape index (κ2) is 7.66. The predicted molar refractivity (Wildman–Crippen MR) is 123 cm³/mol. The number of rotatable bonds is 4. The highest BCUT2D eigenvalue weighted by atomic mass is 32.2. The minimum absolute atomic E-state index is 0.0878. The maximum atomic E-state index is 6.20. The third kappa shape index (κ3) is 3.68. The van der Waals surface area contributed by atoms with E-state index in [9.17, 15) is 0 Å². The van der Waals surface area contributed by atoms with Gasteiger partial charge >= 0.3 is 0 Å². The molecule has 0 saturated heterocycles. The molecule has 0 spiro atoms. The third-order valence-electron chi connectivity index (χ3n) is 5.60. The van der Waals surface area contributed by atoms with Crippen molar-refractivity contribution in [1.82, 2.24) is 4.98 Å². The van der Waals surface area contributed by atoms with Gasteiger partial charge in [0.25, 0.3) is 0 Å².